The Bertz CT molecular complexity index is 1020. The summed E-state index contributed by atoms with van der Waals surface area (Å²) in [7, 11) is 0. The molecule has 0 aliphatic heterocycles. The minimum absolute atomic E-state index is 0.516. The average Bonchev–Trinajstić information content (AvgIpc) is 2.95. The Morgan fingerprint density at radius 3 is 2.61 bits per heavy atom. The molecule has 4 aromatic rings. The van der Waals surface area contributed by atoms with E-state index in [9.17, 15) is 4.79 Å². The van der Waals surface area contributed by atoms with Crippen LogP contribution < -0.4 is 11.1 Å². The van der Waals surface area contributed by atoms with Crippen LogP contribution in [0.2, 0.25) is 0 Å². The van der Waals surface area contributed by atoms with Gasteiger partial charge in [0.15, 0.2) is 0 Å². The van der Waals surface area contributed by atoms with Gasteiger partial charge in [-0.1, -0.05) is 24.3 Å². The SMILES string of the molecule is Nc1ncnc2c1sc1cc(-c3ccc(NC=O)cc3)ccc12. The molecular formula is C17H12N4OS. The summed E-state index contributed by atoms with van der Waals surface area (Å²) in [6.07, 6.45) is 2.17. The van der Waals surface area contributed by atoms with Crippen LogP contribution in [0.3, 0.4) is 0 Å². The molecule has 1 amide bonds. The van der Waals surface area contributed by atoms with Crippen LogP contribution in [0.5, 0.6) is 0 Å². The zero-order valence-electron chi connectivity index (χ0n) is 12.0. The van der Waals surface area contributed by atoms with E-state index in [2.05, 4.69) is 33.5 Å². The Morgan fingerprint density at radius 2 is 1.83 bits per heavy atom. The van der Waals surface area contributed by atoms with Crippen LogP contribution in [0, 0.1) is 0 Å². The Balaban J connectivity index is 1.83. The van der Waals surface area contributed by atoms with Crippen molar-refractivity contribution in [3.8, 4) is 11.1 Å². The first-order chi connectivity index (χ1) is 11.3. The van der Waals surface area contributed by atoms with E-state index in [4.69, 9.17) is 5.73 Å². The molecule has 0 saturated heterocycles. The number of nitrogen functional groups attached to an aromatic ring is 1. The number of thiophene rings is 1. The van der Waals surface area contributed by atoms with Crippen molar-refractivity contribution in [2.24, 2.45) is 0 Å². The summed E-state index contributed by atoms with van der Waals surface area (Å²) in [5.74, 6) is 0.516. The van der Waals surface area contributed by atoms with E-state index in [0.29, 0.717) is 12.2 Å². The van der Waals surface area contributed by atoms with Crippen molar-refractivity contribution in [1.82, 2.24) is 9.97 Å². The lowest BCUT2D eigenvalue weighted by Crippen LogP contribution is -1.92. The van der Waals surface area contributed by atoms with Crippen molar-refractivity contribution in [1.29, 1.82) is 0 Å². The molecule has 0 spiro atoms. The van der Waals surface area contributed by atoms with Crippen molar-refractivity contribution >= 4 is 49.6 Å². The summed E-state index contributed by atoms with van der Waals surface area (Å²) in [5, 5.41) is 3.72. The third-order valence-corrected chi connectivity index (χ3v) is 4.89. The Hall–Kier alpha value is -2.99. The molecule has 3 N–H and O–H groups in total. The molecule has 2 heterocycles. The van der Waals surface area contributed by atoms with Gasteiger partial charge in [-0.3, -0.25) is 4.79 Å². The molecular weight excluding hydrogens is 308 g/mol. The van der Waals surface area contributed by atoms with Crippen LogP contribution in [0.1, 0.15) is 0 Å². The van der Waals surface area contributed by atoms with Crippen LogP contribution in [0.15, 0.2) is 48.8 Å². The molecule has 0 aliphatic carbocycles. The number of aromatic nitrogens is 2. The van der Waals surface area contributed by atoms with Gasteiger partial charge in [-0.15, -0.1) is 11.3 Å². The number of hydrogen-bond donors (Lipinski definition) is 2. The van der Waals surface area contributed by atoms with E-state index < -0.39 is 0 Å². The van der Waals surface area contributed by atoms with Gasteiger partial charge in [-0.2, -0.15) is 0 Å². The lowest BCUT2D eigenvalue weighted by atomic mass is 10.0. The summed E-state index contributed by atoms with van der Waals surface area (Å²) >= 11 is 1.60. The number of nitrogens with zero attached hydrogens (tertiary/aromatic N) is 2. The van der Waals surface area contributed by atoms with Gasteiger partial charge in [-0.25, -0.2) is 9.97 Å². The molecule has 4 rings (SSSR count). The monoisotopic (exact) mass is 320 g/mol. The van der Waals surface area contributed by atoms with Crippen molar-refractivity contribution in [2.75, 3.05) is 11.1 Å². The molecule has 0 bridgehead atoms. The molecule has 112 valence electrons. The molecule has 0 radical (unpaired) electrons. The topological polar surface area (TPSA) is 80.9 Å². The van der Waals surface area contributed by atoms with E-state index in [1.807, 2.05) is 24.3 Å². The number of amides is 1. The molecule has 0 aliphatic rings. The fourth-order valence-electron chi connectivity index (χ4n) is 2.60. The number of hydrogen-bond acceptors (Lipinski definition) is 5. The summed E-state index contributed by atoms with van der Waals surface area (Å²) in [6, 6.07) is 14.0. The number of rotatable bonds is 3. The quantitative estimate of drug-likeness (QED) is 0.564. The van der Waals surface area contributed by atoms with E-state index in [-0.39, 0.29) is 0 Å². The van der Waals surface area contributed by atoms with Crippen molar-refractivity contribution in [3.63, 3.8) is 0 Å². The van der Waals surface area contributed by atoms with Gasteiger partial charge >= 0.3 is 0 Å². The number of nitrogens with one attached hydrogen (secondary N) is 1. The molecule has 2 aromatic heterocycles. The maximum absolute atomic E-state index is 10.5. The predicted molar refractivity (Wildman–Crippen MR) is 94.5 cm³/mol. The number of anilines is 2. The van der Waals surface area contributed by atoms with Gasteiger partial charge < -0.3 is 11.1 Å². The molecule has 23 heavy (non-hydrogen) atoms. The number of benzene rings is 2. The normalized spacial score (nSPS) is 11.0. The lowest BCUT2D eigenvalue weighted by molar-refractivity contribution is -0.105. The smallest absolute Gasteiger partial charge is 0.211 e. The van der Waals surface area contributed by atoms with Gasteiger partial charge in [0.1, 0.15) is 12.1 Å². The van der Waals surface area contributed by atoms with E-state index in [0.717, 1.165) is 37.1 Å². The zero-order valence-corrected chi connectivity index (χ0v) is 12.8. The first kappa shape index (κ1) is 13.7. The van der Waals surface area contributed by atoms with Gasteiger partial charge in [0, 0.05) is 15.8 Å². The molecule has 0 atom stereocenters. The molecule has 0 unspecified atom stereocenters. The minimum Gasteiger partial charge on any atom is -0.382 e. The summed E-state index contributed by atoms with van der Waals surface area (Å²) in [5.41, 5.74) is 9.80. The van der Waals surface area contributed by atoms with Gasteiger partial charge in [-0.05, 0) is 29.3 Å². The average molecular weight is 320 g/mol. The Kier molecular flexibility index (Phi) is 3.17. The van der Waals surface area contributed by atoms with E-state index in [1.165, 1.54) is 6.33 Å². The molecule has 0 fully saturated rings. The lowest BCUT2D eigenvalue weighted by Gasteiger charge is -2.04. The predicted octanol–water partition coefficient (Wildman–Crippen LogP) is 3.66. The Labute approximate surface area is 135 Å². The standard InChI is InChI=1S/C17H12N4OS/c18-17-16-15(19-8-20-17)13-6-3-11(7-14(13)23-16)10-1-4-12(5-2-10)21-9-22/h1-9H,(H,21,22)(H2,18,19,20). The van der Waals surface area contributed by atoms with Crippen molar-refractivity contribution < 1.29 is 4.79 Å². The first-order valence-corrected chi connectivity index (χ1v) is 7.81. The van der Waals surface area contributed by atoms with Gasteiger partial charge in [0.2, 0.25) is 6.41 Å². The summed E-state index contributed by atoms with van der Waals surface area (Å²) < 4.78 is 2.05. The van der Waals surface area contributed by atoms with Crippen LogP contribution >= 0.6 is 11.3 Å². The largest absolute Gasteiger partial charge is 0.382 e. The minimum atomic E-state index is 0.516. The van der Waals surface area contributed by atoms with Crippen LogP contribution in [0.4, 0.5) is 11.5 Å². The van der Waals surface area contributed by atoms with E-state index in [1.54, 1.807) is 11.3 Å². The highest BCUT2D eigenvalue weighted by Gasteiger charge is 2.10. The van der Waals surface area contributed by atoms with Crippen LogP contribution in [0.25, 0.3) is 31.4 Å². The molecule has 5 nitrogen and oxygen atoms in total. The molecule has 2 aromatic carbocycles. The Morgan fingerprint density at radius 1 is 1.04 bits per heavy atom. The van der Waals surface area contributed by atoms with Gasteiger partial charge in [0.05, 0.1) is 10.2 Å². The second-order valence-corrected chi connectivity index (χ2v) is 6.14. The molecule has 6 heteroatoms. The third-order valence-electron chi connectivity index (χ3n) is 3.72. The van der Waals surface area contributed by atoms with Crippen molar-refractivity contribution in [3.05, 3.63) is 48.8 Å². The first-order valence-electron chi connectivity index (χ1n) is 6.99. The maximum atomic E-state index is 10.5. The second kappa shape index (κ2) is 5.33. The number of fused-ring (bicyclic) bond motifs is 3. The van der Waals surface area contributed by atoms with Gasteiger partial charge in [0.25, 0.3) is 0 Å². The highest BCUT2D eigenvalue weighted by molar-refractivity contribution is 7.26. The fraction of sp³-hybridized carbons (Fsp3) is 0. The second-order valence-electron chi connectivity index (χ2n) is 5.09. The number of nitrogens with two attached hydrogens (primary N) is 1. The third kappa shape index (κ3) is 2.29. The highest BCUT2D eigenvalue weighted by atomic mass is 32.1. The molecule has 0 saturated carbocycles. The maximum Gasteiger partial charge on any atom is 0.211 e. The zero-order chi connectivity index (χ0) is 15.8. The summed E-state index contributed by atoms with van der Waals surface area (Å²) in [4.78, 5) is 18.9. The fourth-order valence-corrected chi connectivity index (χ4v) is 3.70. The van der Waals surface area contributed by atoms with Crippen LogP contribution in [-0.2, 0) is 4.79 Å². The number of carbonyl (C=O) groups excluding carboxylic acids is 1. The number of carbonyl (C=O) groups is 1. The van der Waals surface area contributed by atoms with E-state index >= 15 is 0 Å². The highest BCUT2D eigenvalue weighted by Crippen LogP contribution is 2.37. The summed E-state index contributed by atoms with van der Waals surface area (Å²) in [6.45, 7) is 0. The van der Waals surface area contributed by atoms with Crippen molar-refractivity contribution in [2.45, 2.75) is 0 Å². The van der Waals surface area contributed by atoms with Crippen LogP contribution in [-0.4, -0.2) is 16.4 Å².